The van der Waals surface area contributed by atoms with E-state index in [1.165, 1.54) is 5.39 Å². The molecule has 2 aromatic rings. The lowest BCUT2D eigenvalue weighted by atomic mass is 9.97. The van der Waals surface area contributed by atoms with Gasteiger partial charge >= 0.3 is 0 Å². The summed E-state index contributed by atoms with van der Waals surface area (Å²) in [6.07, 6.45) is 1.90. The summed E-state index contributed by atoms with van der Waals surface area (Å²) in [5.74, 6) is 0. The number of para-hydroxylation sites is 1. The van der Waals surface area contributed by atoms with Crippen molar-refractivity contribution in [2.45, 2.75) is 20.8 Å². The lowest BCUT2D eigenvalue weighted by molar-refractivity contribution is 0.443. The Morgan fingerprint density at radius 3 is 2.69 bits per heavy atom. The Bertz CT molecular complexity index is 483. The fourth-order valence-corrected chi connectivity index (χ4v) is 1.53. The maximum atomic E-state index is 4.42. The monoisotopic (exact) mass is 214 g/mol. The Balaban J connectivity index is 2.20. The molecule has 1 heterocycles. The molecule has 84 valence electrons. The summed E-state index contributed by atoms with van der Waals surface area (Å²) < 4.78 is 0. The average molecular weight is 214 g/mol. The van der Waals surface area contributed by atoms with E-state index in [9.17, 15) is 0 Å². The molecule has 2 heteroatoms. The van der Waals surface area contributed by atoms with Gasteiger partial charge in [0.25, 0.3) is 0 Å². The van der Waals surface area contributed by atoms with E-state index < -0.39 is 0 Å². The highest BCUT2D eigenvalue weighted by molar-refractivity contribution is 5.81. The molecule has 2 nitrogen and oxygen atoms in total. The fourth-order valence-electron chi connectivity index (χ4n) is 1.53. The number of nitrogens with one attached hydrogen (secondary N) is 1. The smallest absolute Gasteiger partial charge is 0.0703 e. The molecule has 0 spiro atoms. The molecule has 0 bridgehead atoms. The summed E-state index contributed by atoms with van der Waals surface area (Å²) in [4.78, 5) is 4.42. The van der Waals surface area contributed by atoms with Gasteiger partial charge in [0, 0.05) is 11.9 Å². The molecule has 0 amide bonds. The van der Waals surface area contributed by atoms with Crippen LogP contribution < -0.4 is 5.32 Å². The van der Waals surface area contributed by atoms with E-state index in [1.54, 1.807) is 0 Å². The standard InChI is InChI=1S/C14H18N2/c1-14(2,3)10-16-12-8-11-6-4-5-7-13(11)15-9-12/h4-9,16H,10H2,1-3H3. The van der Waals surface area contributed by atoms with E-state index in [0.717, 1.165) is 17.7 Å². The van der Waals surface area contributed by atoms with Gasteiger partial charge in [-0.05, 0) is 17.5 Å². The van der Waals surface area contributed by atoms with E-state index in [4.69, 9.17) is 0 Å². The summed E-state index contributed by atoms with van der Waals surface area (Å²) >= 11 is 0. The number of fused-ring (bicyclic) bond motifs is 1. The Morgan fingerprint density at radius 2 is 1.94 bits per heavy atom. The summed E-state index contributed by atoms with van der Waals surface area (Å²) in [5.41, 5.74) is 2.42. The Morgan fingerprint density at radius 1 is 1.19 bits per heavy atom. The van der Waals surface area contributed by atoms with Crippen LogP contribution in [0.4, 0.5) is 5.69 Å². The van der Waals surface area contributed by atoms with Gasteiger partial charge in [0.2, 0.25) is 0 Å². The van der Waals surface area contributed by atoms with Gasteiger partial charge in [0.15, 0.2) is 0 Å². The number of nitrogens with zero attached hydrogens (tertiary/aromatic N) is 1. The summed E-state index contributed by atoms with van der Waals surface area (Å²) in [5, 5.41) is 4.60. The Hall–Kier alpha value is -1.57. The summed E-state index contributed by atoms with van der Waals surface area (Å²) in [7, 11) is 0. The number of anilines is 1. The number of aromatic nitrogens is 1. The van der Waals surface area contributed by atoms with E-state index in [-0.39, 0.29) is 5.41 Å². The molecule has 1 aromatic heterocycles. The van der Waals surface area contributed by atoms with Crippen LogP contribution in [0.3, 0.4) is 0 Å². The molecule has 0 radical (unpaired) electrons. The second-order valence-electron chi connectivity index (χ2n) is 5.33. The van der Waals surface area contributed by atoms with Crippen LogP contribution in [0.1, 0.15) is 20.8 Å². The molecule has 2 rings (SSSR count). The van der Waals surface area contributed by atoms with Crippen molar-refractivity contribution in [2.24, 2.45) is 5.41 Å². The molecule has 1 N–H and O–H groups in total. The number of hydrogen-bond donors (Lipinski definition) is 1. The molecule has 0 saturated carbocycles. The first kappa shape index (κ1) is 10.9. The van der Waals surface area contributed by atoms with E-state index in [1.807, 2.05) is 24.4 Å². The Kier molecular flexibility index (Phi) is 2.82. The van der Waals surface area contributed by atoms with E-state index >= 15 is 0 Å². The van der Waals surface area contributed by atoms with Gasteiger partial charge in [0.1, 0.15) is 0 Å². The van der Waals surface area contributed by atoms with Crippen molar-refractivity contribution in [3.63, 3.8) is 0 Å². The van der Waals surface area contributed by atoms with Crippen LogP contribution in [0, 0.1) is 5.41 Å². The molecule has 0 saturated heterocycles. The largest absolute Gasteiger partial charge is 0.383 e. The van der Waals surface area contributed by atoms with Gasteiger partial charge in [-0.3, -0.25) is 4.98 Å². The van der Waals surface area contributed by atoms with Gasteiger partial charge in [-0.1, -0.05) is 39.0 Å². The molecule has 0 aliphatic heterocycles. The van der Waals surface area contributed by atoms with Gasteiger partial charge in [-0.15, -0.1) is 0 Å². The number of hydrogen-bond acceptors (Lipinski definition) is 2. The second kappa shape index (κ2) is 4.12. The topological polar surface area (TPSA) is 24.9 Å². The lowest BCUT2D eigenvalue weighted by Crippen LogP contribution is -2.19. The summed E-state index contributed by atoms with van der Waals surface area (Å²) in [6.45, 7) is 7.60. The minimum Gasteiger partial charge on any atom is -0.383 e. The zero-order chi connectivity index (χ0) is 11.6. The van der Waals surface area contributed by atoms with Crippen LogP contribution in [-0.2, 0) is 0 Å². The lowest BCUT2D eigenvalue weighted by Gasteiger charge is -2.19. The molecule has 0 aliphatic carbocycles. The first-order valence-corrected chi connectivity index (χ1v) is 5.63. The van der Waals surface area contributed by atoms with Gasteiger partial charge < -0.3 is 5.32 Å². The zero-order valence-corrected chi connectivity index (χ0v) is 10.1. The van der Waals surface area contributed by atoms with Crippen LogP contribution in [0.5, 0.6) is 0 Å². The van der Waals surface area contributed by atoms with Crippen molar-refractivity contribution in [3.05, 3.63) is 36.5 Å². The van der Waals surface area contributed by atoms with Crippen molar-refractivity contribution in [1.29, 1.82) is 0 Å². The SMILES string of the molecule is CC(C)(C)CNc1cnc2ccccc2c1. The van der Waals surface area contributed by atoms with Crippen molar-refractivity contribution in [2.75, 3.05) is 11.9 Å². The minimum absolute atomic E-state index is 0.283. The average Bonchev–Trinajstić information content (AvgIpc) is 2.25. The first-order valence-electron chi connectivity index (χ1n) is 5.63. The van der Waals surface area contributed by atoms with Crippen LogP contribution in [-0.4, -0.2) is 11.5 Å². The number of benzene rings is 1. The number of rotatable bonds is 2. The molecule has 0 unspecified atom stereocenters. The van der Waals surface area contributed by atoms with Crippen molar-refractivity contribution in [1.82, 2.24) is 4.98 Å². The third-order valence-electron chi connectivity index (χ3n) is 2.41. The van der Waals surface area contributed by atoms with Gasteiger partial charge in [0.05, 0.1) is 17.4 Å². The minimum atomic E-state index is 0.283. The first-order chi connectivity index (χ1) is 7.54. The predicted octanol–water partition coefficient (Wildman–Crippen LogP) is 3.69. The Labute approximate surface area is 96.7 Å². The highest BCUT2D eigenvalue weighted by Gasteiger charge is 2.09. The highest BCUT2D eigenvalue weighted by Crippen LogP contribution is 2.18. The van der Waals surface area contributed by atoms with Crippen LogP contribution in [0.25, 0.3) is 10.9 Å². The molecule has 0 fully saturated rings. The maximum Gasteiger partial charge on any atom is 0.0703 e. The van der Waals surface area contributed by atoms with Crippen LogP contribution >= 0.6 is 0 Å². The van der Waals surface area contributed by atoms with Gasteiger partial charge in [-0.2, -0.15) is 0 Å². The van der Waals surface area contributed by atoms with Crippen molar-refractivity contribution in [3.8, 4) is 0 Å². The third-order valence-corrected chi connectivity index (χ3v) is 2.41. The predicted molar refractivity (Wildman–Crippen MR) is 69.7 cm³/mol. The van der Waals surface area contributed by atoms with Gasteiger partial charge in [-0.25, -0.2) is 0 Å². The number of pyridine rings is 1. The second-order valence-corrected chi connectivity index (χ2v) is 5.33. The maximum absolute atomic E-state index is 4.42. The van der Waals surface area contributed by atoms with Crippen LogP contribution in [0.15, 0.2) is 36.5 Å². The van der Waals surface area contributed by atoms with Crippen molar-refractivity contribution < 1.29 is 0 Å². The zero-order valence-electron chi connectivity index (χ0n) is 10.1. The van der Waals surface area contributed by atoms with E-state index in [0.29, 0.717) is 0 Å². The fraction of sp³-hybridized carbons (Fsp3) is 0.357. The van der Waals surface area contributed by atoms with E-state index in [2.05, 4.69) is 43.2 Å². The highest BCUT2D eigenvalue weighted by atomic mass is 14.9. The molecular weight excluding hydrogens is 196 g/mol. The quantitative estimate of drug-likeness (QED) is 0.824. The molecule has 16 heavy (non-hydrogen) atoms. The molecule has 0 aliphatic rings. The third kappa shape index (κ3) is 2.72. The molecule has 0 atom stereocenters. The van der Waals surface area contributed by atoms with Crippen molar-refractivity contribution >= 4 is 16.6 Å². The normalized spacial score (nSPS) is 11.7. The molecular formula is C14H18N2. The summed E-state index contributed by atoms with van der Waals surface area (Å²) in [6, 6.07) is 10.3. The van der Waals surface area contributed by atoms with Crippen LogP contribution in [0.2, 0.25) is 0 Å². The molecule has 1 aromatic carbocycles.